The van der Waals surface area contributed by atoms with E-state index in [1.54, 1.807) is 54.6 Å². The second-order valence-corrected chi connectivity index (χ2v) is 6.76. The monoisotopic (exact) mass is 416 g/mol. The highest BCUT2D eigenvalue weighted by Gasteiger charge is 2.26. The number of para-hydroxylation sites is 1. The van der Waals surface area contributed by atoms with E-state index in [2.05, 4.69) is 5.32 Å². The zero-order valence-corrected chi connectivity index (χ0v) is 17.2. The van der Waals surface area contributed by atoms with E-state index in [1.165, 1.54) is 4.90 Å². The number of benzene rings is 3. The van der Waals surface area contributed by atoms with Gasteiger partial charge in [-0.2, -0.15) is 0 Å². The Hall–Kier alpha value is -3.93. The van der Waals surface area contributed by atoms with Gasteiger partial charge in [0.1, 0.15) is 0 Å². The van der Waals surface area contributed by atoms with Gasteiger partial charge in [-0.15, -0.1) is 0 Å². The molecule has 0 radical (unpaired) electrons. The molecule has 0 heterocycles. The first kappa shape index (κ1) is 21.8. The third kappa shape index (κ3) is 5.79. The van der Waals surface area contributed by atoms with E-state index in [1.807, 2.05) is 43.3 Å². The van der Waals surface area contributed by atoms with Crippen molar-refractivity contribution in [2.75, 3.05) is 18.1 Å². The fraction of sp³-hybridized carbons (Fsp3) is 0.160. The number of ether oxygens (including phenoxy) is 1. The zero-order valence-electron chi connectivity index (χ0n) is 17.2. The summed E-state index contributed by atoms with van der Waals surface area (Å²) in [5.41, 5.74) is 1.72. The van der Waals surface area contributed by atoms with Gasteiger partial charge in [-0.25, -0.2) is 4.79 Å². The van der Waals surface area contributed by atoms with Crippen molar-refractivity contribution in [1.82, 2.24) is 5.32 Å². The Balaban J connectivity index is 1.71. The minimum absolute atomic E-state index is 0.344. The lowest BCUT2D eigenvalue weighted by Crippen LogP contribution is -2.38. The van der Waals surface area contributed by atoms with E-state index in [9.17, 15) is 14.4 Å². The molecule has 0 aliphatic carbocycles. The summed E-state index contributed by atoms with van der Waals surface area (Å²) in [4.78, 5) is 39.6. The Bertz CT molecular complexity index is 1010. The van der Waals surface area contributed by atoms with Crippen LogP contribution in [0, 0.1) is 0 Å². The molecule has 3 aromatic rings. The molecule has 1 atom stereocenters. The zero-order chi connectivity index (χ0) is 22.1. The molecular formula is C25H24N2O4. The molecule has 158 valence electrons. The maximum absolute atomic E-state index is 12.9. The number of carbonyl (C=O) groups excluding carboxylic acids is 3. The van der Waals surface area contributed by atoms with Crippen molar-refractivity contribution >= 4 is 23.5 Å². The minimum atomic E-state index is -1.03. The number of nitrogens with zero attached hydrogens (tertiary/aromatic N) is 1. The molecule has 0 saturated heterocycles. The highest BCUT2D eigenvalue weighted by Crippen LogP contribution is 2.17. The molecule has 0 bridgehead atoms. The first-order valence-corrected chi connectivity index (χ1v) is 10.0. The molecule has 31 heavy (non-hydrogen) atoms. The molecule has 1 unspecified atom stereocenters. The van der Waals surface area contributed by atoms with E-state index >= 15 is 0 Å². The quantitative estimate of drug-likeness (QED) is 0.568. The van der Waals surface area contributed by atoms with E-state index in [0.29, 0.717) is 17.7 Å². The summed E-state index contributed by atoms with van der Waals surface area (Å²) in [5.74, 6) is -1.45. The highest BCUT2D eigenvalue weighted by atomic mass is 16.5. The highest BCUT2D eigenvalue weighted by molar-refractivity contribution is 5.98. The number of likely N-dealkylation sites (N-methyl/N-ethyl adjacent to an activating group) is 1. The van der Waals surface area contributed by atoms with Crippen molar-refractivity contribution in [2.24, 2.45) is 0 Å². The van der Waals surface area contributed by atoms with Crippen LogP contribution in [0.25, 0.3) is 0 Å². The maximum Gasteiger partial charge on any atom is 0.333 e. The molecule has 0 aliphatic rings. The van der Waals surface area contributed by atoms with Gasteiger partial charge in [0.25, 0.3) is 11.8 Å². The molecule has 0 aromatic heterocycles. The summed E-state index contributed by atoms with van der Waals surface area (Å²) < 4.78 is 5.32. The fourth-order valence-electron chi connectivity index (χ4n) is 3.13. The van der Waals surface area contributed by atoms with Crippen molar-refractivity contribution < 1.29 is 19.1 Å². The predicted molar refractivity (Wildman–Crippen MR) is 119 cm³/mol. The summed E-state index contributed by atoms with van der Waals surface area (Å²) in [7, 11) is 0. The van der Waals surface area contributed by atoms with Gasteiger partial charge in [-0.3, -0.25) is 9.59 Å². The van der Waals surface area contributed by atoms with Crippen LogP contribution in [0.2, 0.25) is 0 Å². The van der Waals surface area contributed by atoms with E-state index in [-0.39, 0.29) is 5.91 Å². The van der Waals surface area contributed by atoms with Crippen molar-refractivity contribution in [3.63, 3.8) is 0 Å². The number of anilines is 1. The lowest BCUT2D eigenvalue weighted by atomic mass is 10.1. The first-order valence-electron chi connectivity index (χ1n) is 10.0. The fourth-order valence-corrected chi connectivity index (χ4v) is 3.13. The Kier molecular flexibility index (Phi) is 7.54. The SMILES string of the molecule is CCN(C(=O)COC(=O)C(NC(=O)c1ccccc1)c1ccccc1)c1ccccc1. The van der Waals surface area contributed by atoms with Gasteiger partial charge in [0.15, 0.2) is 12.6 Å². The Morgan fingerprint density at radius 3 is 1.97 bits per heavy atom. The van der Waals surface area contributed by atoms with E-state index in [0.717, 1.165) is 5.69 Å². The van der Waals surface area contributed by atoms with Gasteiger partial charge >= 0.3 is 5.97 Å². The van der Waals surface area contributed by atoms with Gasteiger partial charge in [-0.1, -0.05) is 66.7 Å². The molecule has 6 heteroatoms. The van der Waals surface area contributed by atoms with Gasteiger partial charge in [-0.05, 0) is 36.8 Å². The van der Waals surface area contributed by atoms with Crippen LogP contribution in [0.5, 0.6) is 0 Å². The molecule has 0 fully saturated rings. The topological polar surface area (TPSA) is 75.7 Å². The largest absolute Gasteiger partial charge is 0.454 e. The smallest absolute Gasteiger partial charge is 0.333 e. The van der Waals surface area contributed by atoms with Crippen LogP contribution in [-0.4, -0.2) is 30.9 Å². The van der Waals surface area contributed by atoms with Crippen LogP contribution in [-0.2, 0) is 14.3 Å². The number of amides is 2. The number of rotatable bonds is 8. The van der Waals surface area contributed by atoms with Crippen LogP contribution in [0.4, 0.5) is 5.69 Å². The Morgan fingerprint density at radius 1 is 0.839 bits per heavy atom. The lowest BCUT2D eigenvalue weighted by molar-refractivity contribution is -0.150. The summed E-state index contributed by atoms with van der Waals surface area (Å²) in [5, 5.41) is 2.71. The molecule has 6 nitrogen and oxygen atoms in total. The van der Waals surface area contributed by atoms with Crippen LogP contribution >= 0.6 is 0 Å². The molecule has 1 N–H and O–H groups in total. The van der Waals surface area contributed by atoms with E-state index in [4.69, 9.17) is 4.74 Å². The summed E-state index contributed by atoms with van der Waals surface area (Å²) in [6.07, 6.45) is 0. The minimum Gasteiger partial charge on any atom is -0.454 e. The van der Waals surface area contributed by atoms with Crippen LogP contribution in [0.3, 0.4) is 0 Å². The van der Waals surface area contributed by atoms with Crippen molar-refractivity contribution in [2.45, 2.75) is 13.0 Å². The van der Waals surface area contributed by atoms with Gasteiger partial charge in [0, 0.05) is 17.8 Å². The van der Waals surface area contributed by atoms with Crippen LogP contribution in [0.1, 0.15) is 28.9 Å². The second kappa shape index (κ2) is 10.7. The van der Waals surface area contributed by atoms with Gasteiger partial charge in [0.2, 0.25) is 0 Å². The second-order valence-electron chi connectivity index (χ2n) is 6.76. The summed E-state index contributed by atoms with van der Waals surface area (Å²) in [6.45, 7) is 1.86. The number of esters is 1. The third-order valence-corrected chi connectivity index (χ3v) is 4.70. The number of hydrogen-bond acceptors (Lipinski definition) is 4. The molecule has 3 aromatic carbocycles. The van der Waals surface area contributed by atoms with Gasteiger partial charge < -0.3 is 15.0 Å². The van der Waals surface area contributed by atoms with Crippen molar-refractivity contribution in [3.8, 4) is 0 Å². The lowest BCUT2D eigenvalue weighted by Gasteiger charge is -2.22. The average molecular weight is 416 g/mol. The molecule has 0 spiro atoms. The van der Waals surface area contributed by atoms with E-state index < -0.39 is 24.5 Å². The number of carbonyl (C=O) groups is 3. The number of nitrogens with one attached hydrogen (secondary N) is 1. The molecule has 0 saturated carbocycles. The Labute approximate surface area is 181 Å². The molecule has 0 aliphatic heterocycles. The summed E-state index contributed by atoms with van der Waals surface area (Å²) in [6, 6.07) is 25.5. The molecule has 3 rings (SSSR count). The standard InChI is InChI=1S/C25H24N2O4/c1-2-27(21-16-10-5-11-17-21)22(28)18-31-25(30)23(19-12-6-3-7-13-19)26-24(29)20-14-8-4-9-15-20/h3-17,23H,2,18H2,1H3,(H,26,29). The maximum atomic E-state index is 12.9. The van der Waals surface area contributed by atoms with Crippen LogP contribution in [0.15, 0.2) is 91.0 Å². The molecule has 2 amide bonds. The normalized spacial score (nSPS) is 11.3. The van der Waals surface area contributed by atoms with Gasteiger partial charge in [0.05, 0.1) is 0 Å². The molecular weight excluding hydrogens is 392 g/mol. The van der Waals surface area contributed by atoms with Crippen LogP contribution < -0.4 is 10.2 Å². The summed E-state index contributed by atoms with van der Waals surface area (Å²) >= 11 is 0. The van der Waals surface area contributed by atoms with Crippen molar-refractivity contribution in [1.29, 1.82) is 0 Å². The third-order valence-electron chi connectivity index (χ3n) is 4.70. The van der Waals surface area contributed by atoms with Crippen molar-refractivity contribution in [3.05, 3.63) is 102 Å². The first-order chi connectivity index (χ1) is 15.1. The number of hydrogen-bond donors (Lipinski definition) is 1. The Morgan fingerprint density at radius 2 is 1.39 bits per heavy atom. The predicted octanol–water partition coefficient (Wildman–Crippen LogP) is 3.75. The average Bonchev–Trinajstić information content (AvgIpc) is 2.83.